The van der Waals surface area contributed by atoms with E-state index in [0.29, 0.717) is 31.2 Å². The van der Waals surface area contributed by atoms with Crippen molar-refractivity contribution >= 4 is 11.8 Å². The van der Waals surface area contributed by atoms with Gasteiger partial charge in [0.25, 0.3) is 0 Å². The minimum Gasteiger partial charge on any atom is -0.390 e. The molecule has 3 unspecified atom stereocenters. The Balaban J connectivity index is 1.46. The van der Waals surface area contributed by atoms with Crippen molar-refractivity contribution in [2.24, 2.45) is 17.8 Å². The number of rotatable bonds is 2. The number of nitrogens with zero attached hydrogens (tertiary/aromatic N) is 1. The first-order valence-electron chi connectivity index (χ1n) is 9.42. The summed E-state index contributed by atoms with van der Waals surface area (Å²) >= 11 is 0. The van der Waals surface area contributed by atoms with Gasteiger partial charge >= 0.3 is 0 Å². The van der Waals surface area contributed by atoms with Crippen LogP contribution in [-0.2, 0) is 9.59 Å². The van der Waals surface area contributed by atoms with E-state index in [-0.39, 0.29) is 28.8 Å². The lowest BCUT2D eigenvalue weighted by atomic mass is 9.51. The topological polar surface area (TPSA) is 69.6 Å². The molecule has 4 bridgehead atoms. The Morgan fingerprint density at radius 3 is 2.33 bits per heavy atom. The lowest BCUT2D eigenvalue weighted by Crippen LogP contribution is -2.66. The fourth-order valence-electron chi connectivity index (χ4n) is 6.26. The summed E-state index contributed by atoms with van der Waals surface area (Å²) in [6.07, 6.45) is 6.03. The second kappa shape index (κ2) is 4.96. The van der Waals surface area contributed by atoms with Gasteiger partial charge in [-0.1, -0.05) is 0 Å². The molecule has 0 spiro atoms. The normalized spacial score (nSPS) is 44.2. The average Bonchev–Trinajstić information content (AvgIpc) is 2.77. The number of amides is 2. The molecule has 24 heavy (non-hydrogen) atoms. The van der Waals surface area contributed by atoms with Gasteiger partial charge in [0.1, 0.15) is 0 Å². The Labute approximate surface area is 144 Å². The fourth-order valence-corrected chi connectivity index (χ4v) is 6.26. The van der Waals surface area contributed by atoms with Crippen LogP contribution in [-0.4, -0.2) is 45.0 Å². The van der Waals surface area contributed by atoms with Crippen molar-refractivity contribution in [3.63, 3.8) is 0 Å². The van der Waals surface area contributed by atoms with Gasteiger partial charge in [-0.2, -0.15) is 0 Å². The van der Waals surface area contributed by atoms with Crippen LogP contribution in [0.1, 0.15) is 65.7 Å². The Kier molecular flexibility index (Phi) is 3.39. The molecular weight excluding hydrogens is 304 g/mol. The zero-order valence-corrected chi connectivity index (χ0v) is 15.1. The lowest BCUT2D eigenvalue weighted by Gasteiger charge is -2.60. The second-order valence-corrected chi connectivity index (χ2v) is 10.0. The molecular formula is C19H30N2O3. The van der Waals surface area contributed by atoms with Gasteiger partial charge in [0, 0.05) is 24.0 Å². The largest absolute Gasteiger partial charge is 0.390 e. The maximum Gasteiger partial charge on any atom is 0.225 e. The first-order valence-corrected chi connectivity index (χ1v) is 9.42. The van der Waals surface area contributed by atoms with Crippen LogP contribution < -0.4 is 5.32 Å². The zero-order valence-electron chi connectivity index (χ0n) is 15.1. The van der Waals surface area contributed by atoms with Crippen molar-refractivity contribution < 1.29 is 14.7 Å². The van der Waals surface area contributed by atoms with Crippen LogP contribution in [0.15, 0.2) is 0 Å². The third-order valence-corrected chi connectivity index (χ3v) is 6.72. The predicted molar refractivity (Wildman–Crippen MR) is 90.1 cm³/mol. The van der Waals surface area contributed by atoms with Crippen LogP contribution in [0.25, 0.3) is 0 Å². The maximum atomic E-state index is 12.9. The highest BCUT2D eigenvalue weighted by Gasteiger charge is 2.58. The minimum absolute atomic E-state index is 0.0145. The van der Waals surface area contributed by atoms with Gasteiger partial charge in [-0.25, -0.2) is 0 Å². The first-order chi connectivity index (χ1) is 11.1. The van der Waals surface area contributed by atoms with Crippen molar-refractivity contribution in [3.05, 3.63) is 0 Å². The van der Waals surface area contributed by atoms with Crippen molar-refractivity contribution in [1.82, 2.24) is 10.2 Å². The molecule has 5 rings (SSSR count). The maximum absolute atomic E-state index is 12.9. The molecule has 2 amide bonds. The van der Waals surface area contributed by atoms with Crippen LogP contribution in [0.4, 0.5) is 0 Å². The molecule has 0 aromatic rings. The van der Waals surface area contributed by atoms with E-state index in [1.165, 1.54) is 6.42 Å². The van der Waals surface area contributed by atoms with Crippen LogP contribution >= 0.6 is 0 Å². The summed E-state index contributed by atoms with van der Waals surface area (Å²) in [7, 11) is 0. The molecule has 2 N–H and O–H groups in total. The Morgan fingerprint density at radius 2 is 1.83 bits per heavy atom. The van der Waals surface area contributed by atoms with Crippen molar-refractivity contribution in [2.75, 3.05) is 6.54 Å². The summed E-state index contributed by atoms with van der Waals surface area (Å²) < 4.78 is 0. The van der Waals surface area contributed by atoms with Gasteiger partial charge in [0.05, 0.1) is 11.5 Å². The molecule has 5 nitrogen and oxygen atoms in total. The number of carbonyl (C=O) groups excluding carboxylic acids is 2. The van der Waals surface area contributed by atoms with E-state index in [1.54, 1.807) is 0 Å². The number of nitrogens with one attached hydrogen (secondary N) is 1. The van der Waals surface area contributed by atoms with E-state index in [0.717, 1.165) is 25.7 Å². The summed E-state index contributed by atoms with van der Waals surface area (Å²) in [6.45, 7) is 6.56. The van der Waals surface area contributed by atoms with Gasteiger partial charge in [0.2, 0.25) is 11.8 Å². The Hall–Kier alpha value is -1.10. The predicted octanol–water partition coefficient (Wildman–Crippen LogP) is 1.83. The van der Waals surface area contributed by atoms with Crippen LogP contribution in [0, 0.1) is 17.8 Å². The van der Waals surface area contributed by atoms with Crippen molar-refractivity contribution in [2.45, 2.75) is 82.4 Å². The molecule has 1 saturated heterocycles. The second-order valence-electron chi connectivity index (χ2n) is 10.0. The molecule has 134 valence electrons. The monoisotopic (exact) mass is 334 g/mol. The third-order valence-electron chi connectivity index (χ3n) is 6.72. The number of carbonyl (C=O) groups is 2. The molecule has 4 saturated carbocycles. The molecule has 0 radical (unpaired) electrons. The average molecular weight is 334 g/mol. The molecule has 3 atom stereocenters. The van der Waals surface area contributed by atoms with E-state index in [4.69, 9.17) is 0 Å². The first kappa shape index (κ1) is 16.4. The lowest BCUT2D eigenvalue weighted by molar-refractivity contribution is -0.152. The summed E-state index contributed by atoms with van der Waals surface area (Å²) in [5, 5.41) is 14.1. The minimum atomic E-state index is -0.569. The molecule has 5 aliphatic rings. The molecule has 0 aromatic carbocycles. The van der Waals surface area contributed by atoms with E-state index in [9.17, 15) is 14.7 Å². The number of hydrogen-bond acceptors (Lipinski definition) is 3. The number of aliphatic hydroxyl groups is 1. The molecule has 4 aliphatic carbocycles. The van der Waals surface area contributed by atoms with Crippen LogP contribution in [0.3, 0.4) is 0 Å². The quantitative estimate of drug-likeness (QED) is 0.809. The molecule has 1 heterocycles. The zero-order chi connectivity index (χ0) is 17.3. The van der Waals surface area contributed by atoms with E-state index in [1.807, 2.05) is 25.7 Å². The van der Waals surface area contributed by atoms with Gasteiger partial charge in [-0.05, 0) is 71.1 Å². The van der Waals surface area contributed by atoms with Gasteiger partial charge in [0.15, 0.2) is 0 Å². The highest BCUT2D eigenvalue weighted by Crippen LogP contribution is 2.57. The molecule has 1 aliphatic heterocycles. The highest BCUT2D eigenvalue weighted by molar-refractivity contribution is 5.90. The Morgan fingerprint density at radius 1 is 1.21 bits per heavy atom. The van der Waals surface area contributed by atoms with E-state index < -0.39 is 5.60 Å². The Bertz CT molecular complexity index is 566. The SMILES string of the molecule is CC(C)(C)N1CC(C(=O)NC23CC4CC(CC(O)(C4)C2)C3)CC1=O. The summed E-state index contributed by atoms with van der Waals surface area (Å²) in [5.74, 6) is 0.937. The van der Waals surface area contributed by atoms with E-state index >= 15 is 0 Å². The van der Waals surface area contributed by atoms with E-state index in [2.05, 4.69) is 5.32 Å². The third kappa shape index (κ3) is 2.65. The fraction of sp³-hybridized carbons (Fsp3) is 0.895. The summed E-state index contributed by atoms with van der Waals surface area (Å²) in [5.41, 5.74) is -1.03. The standard InChI is InChI=1S/C19H30N2O3/c1-17(2,3)21-10-14(5-15(21)22)16(23)20-18-6-12-4-13(7-18)9-19(24,8-12)11-18/h12-14,24H,4-11H2,1-3H3,(H,20,23). The van der Waals surface area contributed by atoms with Crippen LogP contribution in [0.5, 0.6) is 0 Å². The summed E-state index contributed by atoms with van der Waals surface area (Å²) in [6, 6.07) is 0. The van der Waals surface area contributed by atoms with Crippen molar-refractivity contribution in [1.29, 1.82) is 0 Å². The number of likely N-dealkylation sites (tertiary alicyclic amines) is 1. The summed E-state index contributed by atoms with van der Waals surface area (Å²) in [4.78, 5) is 27.0. The smallest absolute Gasteiger partial charge is 0.225 e. The van der Waals surface area contributed by atoms with Crippen molar-refractivity contribution in [3.8, 4) is 0 Å². The van der Waals surface area contributed by atoms with Gasteiger partial charge < -0.3 is 15.3 Å². The van der Waals surface area contributed by atoms with Gasteiger partial charge in [-0.15, -0.1) is 0 Å². The highest BCUT2D eigenvalue weighted by atomic mass is 16.3. The molecule has 0 aromatic heterocycles. The number of hydrogen-bond donors (Lipinski definition) is 2. The van der Waals surface area contributed by atoms with Crippen LogP contribution in [0.2, 0.25) is 0 Å². The van der Waals surface area contributed by atoms with Gasteiger partial charge in [-0.3, -0.25) is 9.59 Å². The molecule has 5 fully saturated rings. The molecule has 5 heteroatoms.